The summed E-state index contributed by atoms with van der Waals surface area (Å²) in [6.07, 6.45) is 3.80. The van der Waals surface area contributed by atoms with E-state index in [4.69, 9.17) is 5.26 Å². The van der Waals surface area contributed by atoms with Crippen LogP contribution >= 0.6 is 0 Å². The highest BCUT2D eigenvalue weighted by Crippen LogP contribution is 2.10. The molecule has 0 fully saturated rings. The summed E-state index contributed by atoms with van der Waals surface area (Å²) < 4.78 is 1.77. The fourth-order valence-electron chi connectivity index (χ4n) is 1.43. The van der Waals surface area contributed by atoms with E-state index < -0.39 is 0 Å². The molecule has 80 valence electrons. The van der Waals surface area contributed by atoms with Crippen LogP contribution in [0.3, 0.4) is 0 Å². The van der Waals surface area contributed by atoms with E-state index in [2.05, 4.69) is 16.5 Å². The highest BCUT2D eigenvalue weighted by molar-refractivity contribution is 5.47. The van der Waals surface area contributed by atoms with Gasteiger partial charge in [-0.3, -0.25) is 4.68 Å². The Labute approximate surface area is 94.1 Å². The number of nitrogens with zero attached hydrogens (tertiary/aromatic N) is 3. The van der Waals surface area contributed by atoms with Crippen LogP contribution in [0, 0.1) is 11.3 Å². The van der Waals surface area contributed by atoms with Gasteiger partial charge in [0.15, 0.2) is 0 Å². The predicted octanol–water partition coefficient (Wildman–Crippen LogP) is 1.90. The van der Waals surface area contributed by atoms with Gasteiger partial charge in [-0.25, -0.2) is 0 Å². The minimum Gasteiger partial charge on any atom is -0.381 e. The SMILES string of the molecule is Cn1cc(CNc2ccc(C#N)cc2)cn1. The third-order valence-electron chi connectivity index (χ3n) is 2.27. The second-order valence-corrected chi connectivity index (χ2v) is 3.56. The molecule has 4 nitrogen and oxygen atoms in total. The Bertz CT molecular complexity index is 505. The zero-order chi connectivity index (χ0) is 11.4. The average molecular weight is 212 g/mol. The van der Waals surface area contributed by atoms with Crippen molar-refractivity contribution in [3.63, 3.8) is 0 Å². The van der Waals surface area contributed by atoms with E-state index >= 15 is 0 Å². The Hall–Kier alpha value is -2.28. The van der Waals surface area contributed by atoms with Crippen LogP contribution in [0.4, 0.5) is 5.69 Å². The number of hydrogen-bond donors (Lipinski definition) is 1. The van der Waals surface area contributed by atoms with Gasteiger partial charge in [0, 0.05) is 31.0 Å². The van der Waals surface area contributed by atoms with Crippen molar-refractivity contribution in [2.45, 2.75) is 6.54 Å². The zero-order valence-electron chi connectivity index (χ0n) is 9.01. The van der Waals surface area contributed by atoms with Crippen molar-refractivity contribution < 1.29 is 0 Å². The number of nitrogens with one attached hydrogen (secondary N) is 1. The molecule has 1 aromatic carbocycles. The van der Waals surface area contributed by atoms with E-state index in [9.17, 15) is 0 Å². The Kier molecular flexibility index (Phi) is 2.88. The topological polar surface area (TPSA) is 53.6 Å². The number of nitriles is 1. The molecule has 16 heavy (non-hydrogen) atoms. The van der Waals surface area contributed by atoms with Gasteiger partial charge in [0.25, 0.3) is 0 Å². The van der Waals surface area contributed by atoms with Gasteiger partial charge in [0.05, 0.1) is 17.8 Å². The third kappa shape index (κ3) is 2.39. The fraction of sp³-hybridized carbons (Fsp3) is 0.167. The summed E-state index contributed by atoms with van der Waals surface area (Å²) in [7, 11) is 1.89. The van der Waals surface area contributed by atoms with Crippen molar-refractivity contribution in [1.29, 1.82) is 5.26 Å². The molecule has 0 aliphatic rings. The maximum Gasteiger partial charge on any atom is 0.0991 e. The standard InChI is InChI=1S/C12H12N4/c1-16-9-11(8-15-16)7-14-12-4-2-10(6-13)3-5-12/h2-5,8-9,14H,7H2,1H3. The lowest BCUT2D eigenvalue weighted by molar-refractivity contribution is 0.767. The van der Waals surface area contributed by atoms with Gasteiger partial charge in [-0.05, 0) is 24.3 Å². The average Bonchev–Trinajstić information content (AvgIpc) is 2.73. The molecule has 0 atom stereocenters. The molecule has 2 aromatic rings. The van der Waals surface area contributed by atoms with Crippen LogP contribution in [-0.2, 0) is 13.6 Å². The monoisotopic (exact) mass is 212 g/mol. The van der Waals surface area contributed by atoms with Gasteiger partial charge in [-0.1, -0.05) is 0 Å². The number of benzene rings is 1. The van der Waals surface area contributed by atoms with E-state index in [0.717, 1.165) is 17.8 Å². The van der Waals surface area contributed by atoms with Crippen LogP contribution in [0.2, 0.25) is 0 Å². The van der Waals surface area contributed by atoms with Crippen LogP contribution in [0.25, 0.3) is 0 Å². The van der Waals surface area contributed by atoms with Gasteiger partial charge in [-0.2, -0.15) is 10.4 Å². The first-order chi connectivity index (χ1) is 7.78. The smallest absolute Gasteiger partial charge is 0.0991 e. The van der Waals surface area contributed by atoms with E-state index in [1.807, 2.05) is 31.6 Å². The zero-order valence-corrected chi connectivity index (χ0v) is 9.01. The molecule has 4 heteroatoms. The van der Waals surface area contributed by atoms with Gasteiger partial charge < -0.3 is 5.32 Å². The lowest BCUT2D eigenvalue weighted by Gasteiger charge is -2.03. The van der Waals surface area contributed by atoms with Gasteiger partial charge >= 0.3 is 0 Å². The highest BCUT2D eigenvalue weighted by Gasteiger charge is 1.96. The van der Waals surface area contributed by atoms with Crippen LogP contribution in [-0.4, -0.2) is 9.78 Å². The maximum atomic E-state index is 8.66. The number of aromatic nitrogens is 2. The van der Waals surface area contributed by atoms with Crippen molar-refractivity contribution >= 4 is 5.69 Å². The summed E-state index contributed by atoms with van der Waals surface area (Å²) in [6.45, 7) is 0.736. The lowest BCUT2D eigenvalue weighted by atomic mass is 10.2. The first-order valence-corrected chi connectivity index (χ1v) is 4.99. The summed E-state index contributed by atoms with van der Waals surface area (Å²) in [5.41, 5.74) is 2.81. The summed E-state index contributed by atoms with van der Waals surface area (Å²) in [6, 6.07) is 9.48. The third-order valence-corrected chi connectivity index (χ3v) is 2.27. The van der Waals surface area contributed by atoms with Crippen LogP contribution < -0.4 is 5.32 Å². The molecular weight excluding hydrogens is 200 g/mol. The van der Waals surface area contributed by atoms with E-state index in [0.29, 0.717) is 5.56 Å². The summed E-state index contributed by atoms with van der Waals surface area (Å²) in [5.74, 6) is 0. The molecule has 1 N–H and O–H groups in total. The number of rotatable bonds is 3. The number of aryl methyl sites for hydroxylation is 1. The molecular formula is C12H12N4. The van der Waals surface area contributed by atoms with Crippen LogP contribution in [0.15, 0.2) is 36.7 Å². The molecule has 1 aromatic heterocycles. The van der Waals surface area contributed by atoms with Gasteiger partial charge in [0.1, 0.15) is 0 Å². The van der Waals surface area contributed by atoms with Crippen molar-refractivity contribution in [1.82, 2.24) is 9.78 Å². The lowest BCUT2D eigenvalue weighted by Crippen LogP contribution is -1.98. The van der Waals surface area contributed by atoms with E-state index in [1.165, 1.54) is 0 Å². The minimum absolute atomic E-state index is 0.673. The molecule has 0 aliphatic heterocycles. The van der Waals surface area contributed by atoms with Crippen molar-refractivity contribution in [2.75, 3.05) is 5.32 Å². The molecule has 0 amide bonds. The largest absolute Gasteiger partial charge is 0.381 e. The van der Waals surface area contributed by atoms with Crippen molar-refractivity contribution in [3.05, 3.63) is 47.8 Å². The number of anilines is 1. The maximum absolute atomic E-state index is 8.66. The Morgan fingerprint density at radius 1 is 1.38 bits per heavy atom. The van der Waals surface area contributed by atoms with Crippen LogP contribution in [0.5, 0.6) is 0 Å². The first-order valence-electron chi connectivity index (χ1n) is 4.99. The predicted molar refractivity (Wildman–Crippen MR) is 61.7 cm³/mol. The molecule has 1 heterocycles. The fourth-order valence-corrected chi connectivity index (χ4v) is 1.43. The highest BCUT2D eigenvalue weighted by atomic mass is 15.2. The molecule has 0 spiro atoms. The molecule has 0 aliphatic carbocycles. The molecule has 0 saturated heterocycles. The number of hydrogen-bond acceptors (Lipinski definition) is 3. The molecule has 0 radical (unpaired) electrons. The molecule has 2 rings (SSSR count). The Morgan fingerprint density at radius 3 is 2.69 bits per heavy atom. The summed E-state index contributed by atoms with van der Waals surface area (Å²) in [5, 5.41) is 16.0. The second kappa shape index (κ2) is 4.49. The molecule has 0 saturated carbocycles. The van der Waals surface area contributed by atoms with Gasteiger partial charge in [-0.15, -0.1) is 0 Å². The normalized spacial score (nSPS) is 9.75. The second-order valence-electron chi connectivity index (χ2n) is 3.56. The van der Waals surface area contributed by atoms with Crippen molar-refractivity contribution in [2.24, 2.45) is 7.05 Å². The molecule has 0 bridgehead atoms. The van der Waals surface area contributed by atoms with Gasteiger partial charge in [0.2, 0.25) is 0 Å². The molecule has 0 unspecified atom stereocenters. The Balaban J connectivity index is 1.97. The van der Waals surface area contributed by atoms with Crippen molar-refractivity contribution in [3.8, 4) is 6.07 Å². The summed E-state index contributed by atoms with van der Waals surface area (Å²) in [4.78, 5) is 0. The quantitative estimate of drug-likeness (QED) is 0.845. The Morgan fingerprint density at radius 2 is 2.12 bits per heavy atom. The van der Waals surface area contributed by atoms with E-state index in [1.54, 1.807) is 16.8 Å². The first kappa shape index (κ1) is 10.2. The van der Waals surface area contributed by atoms with E-state index in [-0.39, 0.29) is 0 Å². The van der Waals surface area contributed by atoms with Crippen LogP contribution in [0.1, 0.15) is 11.1 Å². The minimum atomic E-state index is 0.673. The summed E-state index contributed by atoms with van der Waals surface area (Å²) >= 11 is 0.